The summed E-state index contributed by atoms with van der Waals surface area (Å²) in [4.78, 5) is 3.35. The number of nitrogens with zero attached hydrogens (tertiary/aromatic N) is 1. The summed E-state index contributed by atoms with van der Waals surface area (Å²) < 4.78 is 0. The van der Waals surface area contributed by atoms with Crippen molar-refractivity contribution in [3.05, 3.63) is 21.9 Å². The topological polar surface area (TPSA) is 43.7 Å². The van der Waals surface area contributed by atoms with Gasteiger partial charge in [0.1, 0.15) is 6.61 Å². The molecule has 1 rings (SSSR count). The molecule has 0 radical (unpaired) electrons. The highest BCUT2D eigenvalue weighted by molar-refractivity contribution is 7.10. The van der Waals surface area contributed by atoms with Crippen LogP contribution in [-0.4, -0.2) is 41.4 Å². The second kappa shape index (κ2) is 7.42. The SMILES string of the molecule is CCN(CCO)Cc1sccc1C#CCO. The first kappa shape index (κ1) is 13.2. The predicted octanol–water partition coefficient (Wildman–Crippen LogP) is 0.906. The van der Waals surface area contributed by atoms with E-state index in [1.807, 2.05) is 11.4 Å². The van der Waals surface area contributed by atoms with Gasteiger partial charge in [0, 0.05) is 23.5 Å². The van der Waals surface area contributed by atoms with Gasteiger partial charge in [0.25, 0.3) is 0 Å². The highest BCUT2D eigenvalue weighted by Crippen LogP contribution is 2.17. The molecule has 0 amide bonds. The van der Waals surface area contributed by atoms with Gasteiger partial charge < -0.3 is 10.2 Å². The van der Waals surface area contributed by atoms with E-state index in [1.165, 1.54) is 4.88 Å². The molecule has 0 saturated heterocycles. The maximum absolute atomic E-state index is 8.91. The molecular weight excluding hydrogens is 222 g/mol. The van der Waals surface area contributed by atoms with Gasteiger partial charge in [0.15, 0.2) is 0 Å². The van der Waals surface area contributed by atoms with Crippen LogP contribution in [0.15, 0.2) is 11.4 Å². The van der Waals surface area contributed by atoms with Gasteiger partial charge in [-0.2, -0.15) is 0 Å². The number of thiophene rings is 1. The smallest absolute Gasteiger partial charge is 0.104 e. The molecule has 1 aromatic rings. The van der Waals surface area contributed by atoms with Gasteiger partial charge >= 0.3 is 0 Å². The maximum atomic E-state index is 8.91. The van der Waals surface area contributed by atoms with Gasteiger partial charge in [-0.3, -0.25) is 4.90 Å². The summed E-state index contributed by atoms with van der Waals surface area (Å²) >= 11 is 1.66. The summed E-state index contributed by atoms with van der Waals surface area (Å²) in [5, 5.41) is 19.6. The van der Waals surface area contributed by atoms with E-state index in [4.69, 9.17) is 10.2 Å². The molecule has 88 valence electrons. The number of aliphatic hydroxyl groups excluding tert-OH is 2. The van der Waals surface area contributed by atoms with Crippen LogP contribution >= 0.6 is 11.3 Å². The Bertz CT molecular complexity index is 365. The fourth-order valence-corrected chi connectivity index (χ4v) is 2.27. The lowest BCUT2D eigenvalue weighted by molar-refractivity contribution is 0.198. The van der Waals surface area contributed by atoms with Crippen molar-refractivity contribution < 1.29 is 10.2 Å². The number of hydrogen-bond acceptors (Lipinski definition) is 4. The molecule has 0 unspecified atom stereocenters. The van der Waals surface area contributed by atoms with E-state index in [2.05, 4.69) is 23.7 Å². The molecule has 0 aliphatic heterocycles. The van der Waals surface area contributed by atoms with Crippen molar-refractivity contribution in [3.63, 3.8) is 0 Å². The Hall–Kier alpha value is -0.860. The van der Waals surface area contributed by atoms with E-state index in [-0.39, 0.29) is 13.2 Å². The Morgan fingerprint density at radius 2 is 2.25 bits per heavy atom. The van der Waals surface area contributed by atoms with Crippen molar-refractivity contribution in [3.8, 4) is 11.8 Å². The van der Waals surface area contributed by atoms with Crippen LogP contribution in [0, 0.1) is 11.8 Å². The Balaban J connectivity index is 2.68. The van der Waals surface area contributed by atoms with Crippen LogP contribution in [0.3, 0.4) is 0 Å². The van der Waals surface area contributed by atoms with Crippen molar-refractivity contribution in [2.75, 3.05) is 26.3 Å². The summed E-state index contributed by atoms with van der Waals surface area (Å²) in [5.41, 5.74) is 0.982. The van der Waals surface area contributed by atoms with Gasteiger partial charge in [-0.05, 0) is 18.0 Å². The summed E-state index contributed by atoms with van der Waals surface area (Å²) in [6, 6.07) is 1.97. The molecule has 0 fully saturated rings. The van der Waals surface area contributed by atoms with E-state index in [0.29, 0.717) is 6.54 Å². The van der Waals surface area contributed by atoms with E-state index in [1.54, 1.807) is 11.3 Å². The average Bonchev–Trinajstić information content (AvgIpc) is 2.73. The zero-order valence-electron chi connectivity index (χ0n) is 9.44. The lowest BCUT2D eigenvalue weighted by Crippen LogP contribution is -2.25. The van der Waals surface area contributed by atoms with Crippen molar-refractivity contribution in [2.45, 2.75) is 13.5 Å². The van der Waals surface area contributed by atoms with E-state index >= 15 is 0 Å². The quantitative estimate of drug-likeness (QED) is 0.751. The van der Waals surface area contributed by atoms with Crippen LogP contribution in [0.25, 0.3) is 0 Å². The van der Waals surface area contributed by atoms with Crippen molar-refractivity contribution in [2.24, 2.45) is 0 Å². The van der Waals surface area contributed by atoms with E-state index < -0.39 is 0 Å². The van der Waals surface area contributed by atoms with Crippen LogP contribution in [0.5, 0.6) is 0 Å². The summed E-state index contributed by atoms with van der Waals surface area (Å²) in [7, 11) is 0. The molecule has 2 N–H and O–H groups in total. The zero-order chi connectivity index (χ0) is 11.8. The van der Waals surface area contributed by atoms with Gasteiger partial charge in [-0.25, -0.2) is 0 Å². The Labute approximate surface area is 100 Å². The fourth-order valence-electron chi connectivity index (χ4n) is 1.40. The molecule has 0 aliphatic rings. The first-order chi connectivity index (χ1) is 7.81. The van der Waals surface area contributed by atoms with Gasteiger partial charge in [0.05, 0.1) is 6.61 Å². The first-order valence-corrected chi connectivity index (χ1v) is 6.19. The Morgan fingerprint density at radius 3 is 2.88 bits per heavy atom. The number of aliphatic hydroxyl groups is 2. The molecule has 1 heterocycles. The number of hydrogen-bond donors (Lipinski definition) is 2. The first-order valence-electron chi connectivity index (χ1n) is 5.31. The number of rotatable bonds is 5. The summed E-state index contributed by atoms with van der Waals surface area (Å²) in [6.07, 6.45) is 0. The molecule has 3 nitrogen and oxygen atoms in total. The van der Waals surface area contributed by atoms with Crippen LogP contribution in [0.4, 0.5) is 0 Å². The molecule has 0 spiro atoms. The molecule has 0 saturated carbocycles. The standard InChI is InChI=1S/C12H17NO2S/c1-2-13(6-8-15)10-12-11(4-3-7-14)5-9-16-12/h5,9,14-15H,2,6-8,10H2,1H3. The minimum atomic E-state index is -0.108. The van der Waals surface area contributed by atoms with Crippen molar-refractivity contribution in [1.82, 2.24) is 4.90 Å². The monoisotopic (exact) mass is 239 g/mol. The van der Waals surface area contributed by atoms with Gasteiger partial charge in [0.2, 0.25) is 0 Å². The third kappa shape index (κ3) is 3.95. The molecule has 1 aromatic heterocycles. The van der Waals surface area contributed by atoms with Crippen molar-refractivity contribution >= 4 is 11.3 Å². The molecule has 4 heteroatoms. The Kier molecular flexibility index (Phi) is 6.12. The van der Waals surface area contributed by atoms with Crippen LogP contribution in [-0.2, 0) is 6.54 Å². The maximum Gasteiger partial charge on any atom is 0.104 e. The number of likely N-dealkylation sites (N-methyl/N-ethyl adjacent to an activating group) is 1. The second-order valence-corrected chi connectivity index (χ2v) is 4.31. The van der Waals surface area contributed by atoms with Crippen molar-refractivity contribution in [1.29, 1.82) is 0 Å². The lowest BCUT2D eigenvalue weighted by Gasteiger charge is -2.18. The van der Waals surface area contributed by atoms with Gasteiger partial charge in [-0.1, -0.05) is 18.8 Å². The van der Waals surface area contributed by atoms with Crippen LogP contribution < -0.4 is 0 Å². The zero-order valence-corrected chi connectivity index (χ0v) is 10.3. The third-order valence-corrected chi connectivity index (χ3v) is 3.18. The molecule has 0 bridgehead atoms. The van der Waals surface area contributed by atoms with Crippen LogP contribution in [0.1, 0.15) is 17.4 Å². The third-order valence-electron chi connectivity index (χ3n) is 2.28. The minimum absolute atomic E-state index is 0.108. The molecule has 0 aromatic carbocycles. The summed E-state index contributed by atoms with van der Waals surface area (Å²) in [5.74, 6) is 5.59. The molecule has 0 atom stereocenters. The molecule has 0 aliphatic carbocycles. The Morgan fingerprint density at radius 1 is 1.44 bits per heavy atom. The van der Waals surface area contributed by atoms with Crippen LogP contribution in [0.2, 0.25) is 0 Å². The highest BCUT2D eigenvalue weighted by atomic mass is 32.1. The minimum Gasteiger partial charge on any atom is -0.395 e. The van der Waals surface area contributed by atoms with E-state index in [0.717, 1.165) is 18.7 Å². The second-order valence-electron chi connectivity index (χ2n) is 3.31. The van der Waals surface area contributed by atoms with Gasteiger partial charge in [-0.15, -0.1) is 11.3 Å². The normalized spacial score (nSPS) is 10.2. The molecule has 16 heavy (non-hydrogen) atoms. The average molecular weight is 239 g/mol. The van der Waals surface area contributed by atoms with E-state index in [9.17, 15) is 0 Å². The summed E-state index contributed by atoms with van der Waals surface area (Å²) in [6.45, 7) is 4.54. The molecular formula is C12H17NO2S. The fraction of sp³-hybridized carbons (Fsp3) is 0.500. The largest absolute Gasteiger partial charge is 0.395 e. The highest BCUT2D eigenvalue weighted by Gasteiger charge is 2.07. The predicted molar refractivity (Wildman–Crippen MR) is 66.3 cm³/mol. The lowest BCUT2D eigenvalue weighted by atomic mass is 10.2.